The number of nitrogens with one attached hydrogen (secondary N) is 1. The number of benzene rings is 1. The van der Waals surface area contributed by atoms with Crippen LogP contribution in [0.4, 0.5) is 5.69 Å². The second-order valence-corrected chi connectivity index (χ2v) is 7.22. The van der Waals surface area contributed by atoms with E-state index < -0.39 is 15.9 Å². The average Bonchev–Trinajstić information content (AvgIpc) is 2.78. The minimum absolute atomic E-state index is 0.0180. The van der Waals surface area contributed by atoms with Crippen molar-refractivity contribution >= 4 is 44.6 Å². The predicted octanol–water partition coefficient (Wildman–Crippen LogP) is 2.54. The molecule has 2 rings (SSSR count). The van der Waals surface area contributed by atoms with Gasteiger partial charge in [-0.25, -0.2) is 8.42 Å². The topological polar surface area (TPSA) is 89.3 Å². The molecule has 0 fully saturated rings. The Hall–Kier alpha value is -1.57. The lowest BCUT2D eigenvalue weighted by atomic mass is 10.2. The van der Waals surface area contributed by atoms with Crippen LogP contribution in [0, 0.1) is 6.92 Å². The van der Waals surface area contributed by atoms with Gasteiger partial charge in [-0.05, 0) is 35.6 Å². The lowest BCUT2D eigenvalue weighted by Gasteiger charge is -2.11. The van der Waals surface area contributed by atoms with Crippen molar-refractivity contribution in [3.63, 3.8) is 0 Å². The Morgan fingerprint density at radius 2 is 2.10 bits per heavy atom. The van der Waals surface area contributed by atoms with Crippen LogP contribution in [0.3, 0.4) is 0 Å². The summed E-state index contributed by atoms with van der Waals surface area (Å²) in [5, 5.41) is 3.68. The van der Waals surface area contributed by atoms with Crippen LogP contribution in [0.15, 0.2) is 33.9 Å². The SMILES string of the molecule is Cc1c(Cl)cccc1S(=O)(=O)Nc1cscc1CC(N)=O. The van der Waals surface area contributed by atoms with Crippen LogP contribution in [0.2, 0.25) is 5.02 Å². The summed E-state index contributed by atoms with van der Waals surface area (Å²) in [7, 11) is -3.77. The van der Waals surface area contributed by atoms with E-state index in [-0.39, 0.29) is 11.3 Å². The van der Waals surface area contributed by atoms with E-state index in [1.165, 1.54) is 17.4 Å². The molecule has 1 heterocycles. The largest absolute Gasteiger partial charge is 0.369 e. The molecule has 112 valence electrons. The van der Waals surface area contributed by atoms with Crippen molar-refractivity contribution in [3.05, 3.63) is 45.1 Å². The van der Waals surface area contributed by atoms with Gasteiger partial charge in [0.2, 0.25) is 5.91 Å². The first-order chi connectivity index (χ1) is 9.81. The third-order valence-electron chi connectivity index (χ3n) is 2.86. The number of primary amides is 1. The number of sulfonamides is 1. The average molecular weight is 345 g/mol. The first kappa shape index (κ1) is 15.8. The molecule has 21 heavy (non-hydrogen) atoms. The summed E-state index contributed by atoms with van der Waals surface area (Å²) in [6, 6.07) is 4.67. The zero-order valence-electron chi connectivity index (χ0n) is 11.1. The highest BCUT2D eigenvalue weighted by atomic mass is 35.5. The summed E-state index contributed by atoms with van der Waals surface area (Å²) in [6.07, 6.45) is -0.0180. The zero-order valence-corrected chi connectivity index (χ0v) is 13.5. The highest BCUT2D eigenvalue weighted by molar-refractivity contribution is 7.92. The van der Waals surface area contributed by atoms with E-state index >= 15 is 0 Å². The fraction of sp³-hybridized carbons (Fsp3) is 0.154. The summed E-state index contributed by atoms with van der Waals surface area (Å²) < 4.78 is 27.3. The van der Waals surface area contributed by atoms with Gasteiger partial charge in [0.1, 0.15) is 0 Å². The van der Waals surface area contributed by atoms with E-state index in [0.717, 1.165) is 0 Å². The maximum absolute atomic E-state index is 12.4. The van der Waals surface area contributed by atoms with Crippen LogP contribution < -0.4 is 10.5 Å². The number of hydrogen-bond acceptors (Lipinski definition) is 4. The van der Waals surface area contributed by atoms with Crippen molar-refractivity contribution in [1.82, 2.24) is 0 Å². The van der Waals surface area contributed by atoms with Crippen LogP contribution in [-0.2, 0) is 21.2 Å². The van der Waals surface area contributed by atoms with E-state index in [4.69, 9.17) is 17.3 Å². The highest BCUT2D eigenvalue weighted by Gasteiger charge is 2.20. The van der Waals surface area contributed by atoms with Crippen LogP contribution in [0.1, 0.15) is 11.1 Å². The molecule has 0 saturated carbocycles. The number of thiophene rings is 1. The molecule has 3 N–H and O–H groups in total. The van der Waals surface area contributed by atoms with Gasteiger partial charge >= 0.3 is 0 Å². The number of halogens is 1. The number of carbonyl (C=O) groups is 1. The first-order valence-corrected chi connectivity index (χ1v) is 8.73. The van der Waals surface area contributed by atoms with Gasteiger partial charge in [-0.3, -0.25) is 9.52 Å². The molecule has 1 aromatic heterocycles. The maximum atomic E-state index is 12.4. The highest BCUT2D eigenvalue weighted by Crippen LogP contribution is 2.28. The minimum atomic E-state index is -3.77. The lowest BCUT2D eigenvalue weighted by molar-refractivity contribution is -0.117. The molecule has 1 aromatic carbocycles. The number of rotatable bonds is 5. The molecule has 0 saturated heterocycles. The molecule has 0 atom stereocenters. The van der Waals surface area contributed by atoms with Gasteiger partial charge in [0, 0.05) is 10.4 Å². The van der Waals surface area contributed by atoms with E-state index in [1.54, 1.807) is 29.8 Å². The second-order valence-electron chi connectivity index (χ2n) is 4.42. The Kier molecular flexibility index (Phi) is 4.55. The van der Waals surface area contributed by atoms with Gasteiger partial charge < -0.3 is 5.73 Å². The van der Waals surface area contributed by atoms with Crippen LogP contribution in [0.5, 0.6) is 0 Å². The van der Waals surface area contributed by atoms with Crippen molar-refractivity contribution in [3.8, 4) is 0 Å². The molecule has 1 amide bonds. The Morgan fingerprint density at radius 3 is 2.76 bits per heavy atom. The number of carbonyl (C=O) groups excluding carboxylic acids is 1. The molecule has 0 aliphatic carbocycles. The van der Waals surface area contributed by atoms with E-state index in [2.05, 4.69) is 4.72 Å². The summed E-state index contributed by atoms with van der Waals surface area (Å²) in [5.74, 6) is -0.521. The molecule has 0 bridgehead atoms. The standard InChI is InChI=1S/C13H13ClN2O3S2/c1-8-10(14)3-2-4-12(8)21(18,19)16-11-7-20-6-9(11)5-13(15)17/h2-4,6-7,16H,5H2,1H3,(H2,15,17). The fourth-order valence-electron chi connectivity index (χ4n) is 1.82. The van der Waals surface area contributed by atoms with Gasteiger partial charge in [-0.15, -0.1) is 11.3 Å². The molecular weight excluding hydrogens is 332 g/mol. The van der Waals surface area contributed by atoms with Crippen molar-refractivity contribution in [2.75, 3.05) is 4.72 Å². The van der Waals surface area contributed by atoms with Gasteiger partial charge in [-0.2, -0.15) is 0 Å². The Morgan fingerprint density at radius 1 is 1.38 bits per heavy atom. The molecule has 2 aromatic rings. The van der Waals surface area contributed by atoms with Crippen LogP contribution in [-0.4, -0.2) is 14.3 Å². The van der Waals surface area contributed by atoms with Crippen molar-refractivity contribution in [2.45, 2.75) is 18.2 Å². The summed E-state index contributed by atoms with van der Waals surface area (Å²) in [4.78, 5) is 11.1. The molecule has 0 radical (unpaired) electrons. The number of amides is 1. The number of anilines is 1. The van der Waals surface area contributed by atoms with E-state index in [1.807, 2.05) is 0 Å². The molecule has 0 aliphatic heterocycles. The second kappa shape index (κ2) is 6.05. The van der Waals surface area contributed by atoms with Crippen LogP contribution in [0.25, 0.3) is 0 Å². The third-order valence-corrected chi connectivity index (χ3v) is 5.57. The summed E-state index contributed by atoms with van der Waals surface area (Å²) in [6.45, 7) is 1.63. The molecule has 0 aliphatic rings. The predicted molar refractivity (Wildman–Crippen MR) is 84.2 cm³/mol. The van der Waals surface area contributed by atoms with E-state index in [0.29, 0.717) is 21.8 Å². The van der Waals surface area contributed by atoms with Crippen molar-refractivity contribution < 1.29 is 13.2 Å². The maximum Gasteiger partial charge on any atom is 0.262 e. The Balaban J connectivity index is 2.36. The van der Waals surface area contributed by atoms with E-state index in [9.17, 15) is 13.2 Å². The number of hydrogen-bond donors (Lipinski definition) is 2. The molecular formula is C13H13ClN2O3S2. The minimum Gasteiger partial charge on any atom is -0.369 e. The fourth-order valence-corrected chi connectivity index (χ4v) is 4.27. The quantitative estimate of drug-likeness (QED) is 0.873. The monoisotopic (exact) mass is 344 g/mol. The smallest absolute Gasteiger partial charge is 0.262 e. The van der Waals surface area contributed by atoms with Crippen molar-refractivity contribution in [1.29, 1.82) is 0 Å². The summed E-state index contributed by atoms with van der Waals surface area (Å²) >= 11 is 7.24. The Labute approximate surface area is 131 Å². The molecule has 0 spiro atoms. The van der Waals surface area contributed by atoms with Crippen molar-refractivity contribution in [2.24, 2.45) is 5.73 Å². The molecule has 5 nitrogen and oxygen atoms in total. The normalized spacial score (nSPS) is 11.3. The molecule has 0 unspecified atom stereocenters. The Bertz CT molecular complexity index is 784. The molecule has 8 heteroatoms. The summed E-state index contributed by atoms with van der Waals surface area (Å²) in [5.41, 5.74) is 6.52. The lowest BCUT2D eigenvalue weighted by Crippen LogP contribution is -2.17. The number of nitrogens with two attached hydrogens (primary N) is 1. The first-order valence-electron chi connectivity index (χ1n) is 5.92. The van der Waals surface area contributed by atoms with Gasteiger partial charge in [0.15, 0.2) is 0 Å². The van der Waals surface area contributed by atoms with Gasteiger partial charge in [0.25, 0.3) is 10.0 Å². The zero-order chi connectivity index (χ0) is 15.6. The third kappa shape index (κ3) is 3.55. The van der Waals surface area contributed by atoms with Gasteiger partial charge in [0.05, 0.1) is 17.0 Å². The van der Waals surface area contributed by atoms with Crippen LogP contribution >= 0.6 is 22.9 Å². The van der Waals surface area contributed by atoms with Gasteiger partial charge in [-0.1, -0.05) is 17.7 Å².